The predicted octanol–water partition coefficient (Wildman–Crippen LogP) is 1.90. The fourth-order valence-electron chi connectivity index (χ4n) is 1.57. The second kappa shape index (κ2) is 5.67. The summed E-state index contributed by atoms with van der Waals surface area (Å²) in [5, 5.41) is 18.7. The molecule has 1 aromatic rings. The maximum absolute atomic E-state index is 9.41. The fourth-order valence-corrected chi connectivity index (χ4v) is 1.57. The molecule has 0 saturated carbocycles. The highest BCUT2D eigenvalue weighted by atomic mass is 16.3. The van der Waals surface area contributed by atoms with Gasteiger partial charge in [0.15, 0.2) is 0 Å². The smallest absolute Gasteiger partial charge is 0.129 e. The molecule has 0 aliphatic heterocycles. The molecule has 0 unspecified atom stereocenters. The van der Waals surface area contributed by atoms with Crippen LogP contribution in [0.5, 0.6) is 0 Å². The summed E-state index contributed by atoms with van der Waals surface area (Å²) in [6.45, 7) is 8.10. The molecule has 0 aliphatic rings. The first-order valence-electron chi connectivity index (χ1n) is 6.28. The van der Waals surface area contributed by atoms with Crippen molar-refractivity contribution in [3.05, 3.63) is 23.4 Å². The molecule has 0 saturated heterocycles. The zero-order valence-corrected chi connectivity index (χ0v) is 11.9. The van der Waals surface area contributed by atoms with Gasteiger partial charge in [-0.3, -0.25) is 0 Å². The van der Waals surface area contributed by atoms with Crippen molar-refractivity contribution in [2.24, 2.45) is 0 Å². The lowest BCUT2D eigenvalue weighted by Gasteiger charge is -2.35. The summed E-state index contributed by atoms with van der Waals surface area (Å²) in [5.74, 6) is 1.09. The van der Waals surface area contributed by atoms with Crippen molar-refractivity contribution in [3.8, 4) is 0 Å². The number of hydrogen-bond acceptors (Lipinski definition) is 4. The van der Waals surface area contributed by atoms with E-state index in [1.54, 1.807) is 0 Å². The van der Waals surface area contributed by atoms with E-state index in [4.69, 9.17) is 0 Å². The van der Waals surface area contributed by atoms with Gasteiger partial charge in [0.25, 0.3) is 0 Å². The molecule has 1 aromatic heterocycles. The van der Waals surface area contributed by atoms with Crippen LogP contribution in [-0.2, 0) is 6.61 Å². The first kappa shape index (κ1) is 14.9. The minimum Gasteiger partial charge on any atom is -0.394 e. The van der Waals surface area contributed by atoms with Gasteiger partial charge in [-0.15, -0.1) is 0 Å². The van der Waals surface area contributed by atoms with Crippen molar-refractivity contribution in [1.29, 1.82) is 0 Å². The van der Waals surface area contributed by atoms with Gasteiger partial charge in [0.1, 0.15) is 5.82 Å². The SMILES string of the molecule is CC(C)c1cc(CO)cc(N(C)C(C)(C)CO)n1. The van der Waals surface area contributed by atoms with Crippen LogP contribution in [0.15, 0.2) is 12.1 Å². The van der Waals surface area contributed by atoms with Crippen LogP contribution in [-0.4, -0.2) is 34.4 Å². The van der Waals surface area contributed by atoms with Gasteiger partial charge in [0, 0.05) is 12.7 Å². The van der Waals surface area contributed by atoms with E-state index < -0.39 is 0 Å². The largest absolute Gasteiger partial charge is 0.394 e. The second-order valence-electron chi connectivity index (χ2n) is 5.60. The van der Waals surface area contributed by atoms with E-state index in [-0.39, 0.29) is 18.8 Å². The Morgan fingerprint density at radius 2 is 1.89 bits per heavy atom. The first-order valence-corrected chi connectivity index (χ1v) is 6.28. The number of rotatable bonds is 5. The van der Waals surface area contributed by atoms with E-state index in [9.17, 15) is 10.2 Å². The third kappa shape index (κ3) is 3.21. The highest BCUT2D eigenvalue weighted by Gasteiger charge is 2.24. The summed E-state index contributed by atoms with van der Waals surface area (Å²) in [6.07, 6.45) is 0. The van der Waals surface area contributed by atoms with Crippen molar-refractivity contribution < 1.29 is 10.2 Å². The maximum Gasteiger partial charge on any atom is 0.129 e. The molecular weight excluding hydrogens is 228 g/mol. The van der Waals surface area contributed by atoms with Crippen LogP contribution in [0.4, 0.5) is 5.82 Å². The number of aliphatic hydroxyl groups is 2. The number of aromatic nitrogens is 1. The van der Waals surface area contributed by atoms with Crippen LogP contribution in [0.2, 0.25) is 0 Å². The quantitative estimate of drug-likeness (QED) is 0.840. The van der Waals surface area contributed by atoms with Crippen LogP contribution in [0.25, 0.3) is 0 Å². The van der Waals surface area contributed by atoms with Crippen LogP contribution >= 0.6 is 0 Å². The Hall–Kier alpha value is -1.13. The van der Waals surface area contributed by atoms with Gasteiger partial charge in [-0.2, -0.15) is 0 Å². The summed E-state index contributed by atoms with van der Waals surface area (Å²) in [4.78, 5) is 6.54. The van der Waals surface area contributed by atoms with E-state index in [0.717, 1.165) is 17.1 Å². The summed E-state index contributed by atoms with van der Waals surface area (Å²) >= 11 is 0. The van der Waals surface area contributed by atoms with E-state index in [0.29, 0.717) is 5.92 Å². The number of hydrogen-bond donors (Lipinski definition) is 2. The minimum absolute atomic E-state index is 0.00261. The third-order valence-corrected chi connectivity index (χ3v) is 3.30. The average Bonchev–Trinajstić information content (AvgIpc) is 2.36. The Balaban J connectivity index is 3.19. The molecule has 0 fully saturated rings. The van der Waals surface area contributed by atoms with Crippen LogP contribution in [0, 0.1) is 0 Å². The standard InChI is InChI=1S/C14H24N2O2/c1-10(2)12-6-11(8-17)7-13(15-12)16(5)14(3,4)9-18/h6-7,10,17-18H,8-9H2,1-5H3. The predicted molar refractivity (Wildman–Crippen MR) is 73.8 cm³/mol. The molecule has 0 aliphatic carbocycles. The van der Waals surface area contributed by atoms with Gasteiger partial charge in [-0.25, -0.2) is 4.98 Å². The van der Waals surface area contributed by atoms with E-state index >= 15 is 0 Å². The molecule has 4 heteroatoms. The molecule has 0 atom stereocenters. The van der Waals surface area contributed by atoms with E-state index in [2.05, 4.69) is 18.8 Å². The van der Waals surface area contributed by atoms with Crippen molar-refractivity contribution >= 4 is 5.82 Å². The molecule has 0 spiro atoms. The van der Waals surface area contributed by atoms with E-state index in [1.165, 1.54) is 0 Å². The van der Waals surface area contributed by atoms with Crippen molar-refractivity contribution in [3.63, 3.8) is 0 Å². The van der Waals surface area contributed by atoms with Crippen LogP contribution < -0.4 is 4.90 Å². The fraction of sp³-hybridized carbons (Fsp3) is 0.643. The van der Waals surface area contributed by atoms with Gasteiger partial charge in [0.05, 0.1) is 18.8 Å². The zero-order valence-electron chi connectivity index (χ0n) is 11.9. The molecule has 0 amide bonds. The average molecular weight is 252 g/mol. The molecular formula is C14H24N2O2. The Labute approximate surface area is 109 Å². The monoisotopic (exact) mass is 252 g/mol. The highest BCUT2D eigenvalue weighted by molar-refractivity contribution is 5.44. The van der Waals surface area contributed by atoms with Crippen molar-refractivity contribution in [2.45, 2.75) is 45.8 Å². The molecule has 2 N–H and O–H groups in total. The lowest BCUT2D eigenvalue weighted by molar-refractivity contribution is 0.215. The normalized spacial score (nSPS) is 12.0. The Morgan fingerprint density at radius 3 is 2.33 bits per heavy atom. The second-order valence-corrected chi connectivity index (χ2v) is 5.60. The van der Waals surface area contributed by atoms with E-state index in [1.807, 2.05) is 37.9 Å². The van der Waals surface area contributed by atoms with Gasteiger partial charge < -0.3 is 15.1 Å². The van der Waals surface area contributed by atoms with Crippen LogP contribution in [0.3, 0.4) is 0 Å². The minimum atomic E-state index is -0.380. The van der Waals surface area contributed by atoms with Crippen molar-refractivity contribution in [1.82, 2.24) is 4.98 Å². The lowest BCUT2D eigenvalue weighted by atomic mass is 10.0. The number of anilines is 1. The number of likely N-dealkylation sites (N-methyl/N-ethyl adjacent to an activating group) is 1. The molecule has 102 valence electrons. The zero-order chi connectivity index (χ0) is 13.9. The van der Waals surface area contributed by atoms with Gasteiger partial charge in [0.2, 0.25) is 0 Å². The van der Waals surface area contributed by atoms with Crippen molar-refractivity contribution in [2.75, 3.05) is 18.6 Å². The molecule has 18 heavy (non-hydrogen) atoms. The summed E-state index contributed by atoms with van der Waals surface area (Å²) in [7, 11) is 1.91. The number of pyridine rings is 1. The van der Waals surface area contributed by atoms with Crippen LogP contribution in [0.1, 0.15) is 44.9 Å². The Bertz CT molecular complexity index is 403. The third-order valence-electron chi connectivity index (χ3n) is 3.30. The molecule has 0 aromatic carbocycles. The van der Waals surface area contributed by atoms with Gasteiger partial charge in [-0.05, 0) is 37.5 Å². The maximum atomic E-state index is 9.41. The lowest BCUT2D eigenvalue weighted by Crippen LogP contribution is -2.45. The molecule has 1 rings (SSSR count). The number of nitrogens with zero attached hydrogens (tertiary/aromatic N) is 2. The first-order chi connectivity index (χ1) is 8.31. The molecule has 1 heterocycles. The Kier molecular flexibility index (Phi) is 4.71. The Morgan fingerprint density at radius 1 is 1.28 bits per heavy atom. The van der Waals surface area contributed by atoms with Gasteiger partial charge >= 0.3 is 0 Å². The highest BCUT2D eigenvalue weighted by Crippen LogP contribution is 2.24. The molecule has 0 bridgehead atoms. The summed E-state index contributed by atoms with van der Waals surface area (Å²) < 4.78 is 0. The molecule has 0 radical (unpaired) electrons. The topological polar surface area (TPSA) is 56.6 Å². The summed E-state index contributed by atoms with van der Waals surface area (Å²) in [5.41, 5.74) is 1.43. The van der Waals surface area contributed by atoms with Gasteiger partial charge in [-0.1, -0.05) is 13.8 Å². The number of aliphatic hydroxyl groups excluding tert-OH is 2. The molecule has 4 nitrogen and oxygen atoms in total. The summed E-state index contributed by atoms with van der Waals surface area (Å²) in [6, 6.07) is 3.79.